The molecule has 10 heavy (non-hydrogen) atoms. The van der Waals surface area contributed by atoms with Crippen LogP contribution in [0.5, 0.6) is 0 Å². The fourth-order valence-corrected chi connectivity index (χ4v) is 1.21. The summed E-state index contributed by atoms with van der Waals surface area (Å²) >= 11 is 0. The molecule has 0 aromatic rings. The van der Waals surface area contributed by atoms with Crippen molar-refractivity contribution in [1.29, 1.82) is 0 Å². The topological polar surface area (TPSA) is 40.5 Å². The van der Waals surface area contributed by atoms with Crippen LogP contribution in [0.25, 0.3) is 0 Å². The van der Waals surface area contributed by atoms with Gasteiger partial charge in [0.25, 0.3) is 0 Å². The van der Waals surface area contributed by atoms with Crippen molar-refractivity contribution in [3.8, 4) is 0 Å². The Hall–Kier alpha value is -0.570. The maximum absolute atomic E-state index is 10.9. The predicted octanol–water partition coefficient (Wildman–Crippen LogP) is 0.193. The molecule has 1 rings (SSSR count). The molecule has 1 aliphatic heterocycles. The number of hydrogen-bond donors (Lipinski definition) is 1. The van der Waals surface area contributed by atoms with Gasteiger partial charge in [0.05, 0.1) is 0 Å². The van der Waals surface area contributed by atoms with Crippen LogP contribution >= 0.6 is 0 Å². The Bertz CT molecular complexity index is 147. The van der Waals surface area contributed by atoms with Crippen LogP contribution in [0.3, 0.4) is 0 Å². The van der Waals surface area contributed by atoms with Crippen LogP contribution in [0.4, 0.5) is 0 Å². The highest BCUT2D eigenvalue weighted by Crippen LogP contribution is 2.20. The van der Waals surface area contributed by atoms with Crippen molar-refractivity contribution in [3.05, 3.63) is 0 Å². The van der Waals surface area contributed by atoms with Gasteiger partial charge in [0.2, 0.25) is 5.91 Å². The summed E-state index contributed by atoms with van der Waals surface area (Å²) in [4.78, 5) is 12.3. The van der Waals surface area contributed by atoms with E-state index >= 15 is 0 Å². The largest absolute Gasteiger partial charge is 0.373 e. The SMILES string of the molecule is CC1CCC(=O)N(C)C1O. The standard InChI is InChI=1S/C7H13NO2/c1-5-3-4-6(9)8(2)7(5)10/h5,7,10H,3-4H2,1-2H3. The first kappa shape index (κ1) is 7.54. The molecule has 0 aromatic carbocycles. The van der Waals surface area contributed by atoms with Crippen molar-refractivity contribution in [2.75, 3.05) is 7.05 Å². The van der Waals surface area contributed by atoms with Crippen molar-refractivity contribution in [2.24, 2.45) is 5.92 Å². The predicted molar refractivity (Wildman–Crippen MR) is 37.2 cm³/mol. The number of aliphatic hydroxyl groups excluding tert-OH is 1. The van der Waals surface area contributed by atoms with Gasteiger partial charge in [-0.3, -0.25) is 4.79 Å². The Balaban J connectivity index is 2.60. The highest BCUT2D eigenvalue weighted by Gasteiger charge is 2.28. The minimum absolute atomic E-state index is 0.0469. The van der Waals surface area contributed by atoms with Crippen LogP contribution in [0.1, 0.15) is 19.8 Å². The summed E-state index contributed by atoms with van der Waals surface area (Å²) in [5, 5.41) is 9.32. The summed E-state index contributed by atoms with van der Waals surface area (Å²) in [5.41, 5.74) is 0. The molecule has 1 saturated heterocycles. The van der Waals surface area contributed by atoms with E-state index in [4.69, 9.17) is 0 Å². The molecule has 0 aromatic heterocycles. The molecule has 0 bridgehead atoms. The zero-order chi connectivity index (χ0) is 7.72. The van der Waals surface area contributed by atoms with Gasteiger partial charge < -0.3 is 10.0 Å². The molecule has 0 spiro atoms. The number of aliphatic hydroxyl groups is 1. The Morgan fingerprint density at radius 2 is 2.30 bits per heavy atom. The van der Waals surface area contributed by atoms with Crippen molar-refractivity contribution in [1.82, 2.24) is 4.90 Å². The summed E-state index contributed by atoms with van der Waals surface area (Å²) in [7, 11) is 1.64. The van der Waals surface area contributed by atoms with E-state index in [0.717, 1.165) is 6.42 Å². The molecule has 3 heteroatoms. The average Bonchev–Trinajstić information content (AvgIpc) is 1.93. The molecule has 0 radical (unpaired) electrons. The van der Waals surface area contributed by atoms with Crippen molar-refractivity contribution < 1.29 is 9.90 Å². The average molecular weight is 143 g/mol. The van der Waals surface area contributed by atoms with E-state index in [9.17, 15) is 9.90 Å². The van der Waals surface area contributed by atoms with Gasteiger partial charge in [0.1, 0.15) is 6.23 Å². The fraction of sp³-hybridized carbons (Fsp3) is 0.857. The summed E-state index contributed by atoms with van der Waals surface area (Å²) in [6.07, 6.45) is 0.820. The lowest BCUT2D eigenvalue weighted by molar-refractivity contribution is -0.148. The van der Waals surface area contributed by atoms with Crippen LogP contribution < -0.4 is 0 Å². The molecule has 1 fully saturated rings. The lowest BCUT2D eigenvalue weighted by Crippen LogP contribution is -2.45. The monoisotopic (exact) mass is 143 g/mol. The van der Waals surface area contributed by atoms with Gasteiger partial charge in [-0.2, -0.15) is 0 Å². The molecule has 2 atom stereocenters. The van der Waals surface area contributed by atoms with Gasteiger partial charge in [0, 0.05) is 19.4 Å². The molecule has 1 amide bonds. The molecule has 58 valence electrons. The number of carbonyl (C=O) groups is 1. The smallest absolute Gasteiger partial charge is 0.224 e. The second-order valence-electron chi connectivity index (χ2n) is 2.93. The normalized spacial score (nSPS) is 34.7. The van der Waals surface area contributed by atoms with Gasteiger partial charge in [0.15, 0.2) is 0 Å². The number of carbonyl (C=O) groups excluding carboxylic acids is 1. The Labute approximate surface area is 60.6 Å². The van der Waals surface area contributed by atoms with E-state index in [1.165, 1.54) is 4.90 Å². The maximum atomic E-state index is 10.9. The van der Waals surface area contributed by atoms with Gasteiger partial charge in [-0.1, -0.05) is 6.92 Å². The molecule has 2 unspecified atom stereocenters. The number of nitrogens with zero attached hydrogens (tertiary/aromatic N) is 1. The molecule has 3 nitrogen and oxygen atoms in total. The third-order valence-electron chi connectivity index (χ3n) is 2.11. The van der Waals surface area contributed by atoms with E-state index < -0.39 is 6.23 Å². The maximum Gasteiger partial charge on any atom is 0.224 e. The minimum Gasteiger partial charge on any atom is -0.373 e. The quantitative estimate of drug-likeness (QED) is 0.526. The van der Waals surface area contributed by atoms with Crippen LogP contribution in [0, 0.1) is 5.92 Å². The third-order valence-corrected chi connectivity index (χ3v) is 2.11. The zero-order valence-electron chi connectivity index (χ0n) is 6.37. The fourth-order valence-electron chi connectivity index (χ4n) is 1.21. The Morgan fingerprint density at radius 1 is 1.70 bits per heavy atom. The first-order chi connectivity index (χ1) is 4.63. The molecule has 1 N–H and O–H groups in total. The minimum atomic E-state index is -0.568. The van der Waals surface area contributed by atoms with Crippen molar-refractivity contribution >= 4 is 5.91 Å². The van der Waals surface area contributed by atoms with E-state index in [1.807, 2.05) is 6.92 Å². The summed E-state index contributed by atoms with van der Waals surface area (Å²) < 4.78 is 0. The third kappa shape index (κ3) is 1.14. The molecule has 1 aliphatic rings. The van der Waals surface area contributed by atoms with E-state index in [0.29, 0.717) is 6.42 Å². The number of hydrogen-bond acceptors (Lipinski definition) is 2. The molecule has 0 saturated carbocycles. The number of rotatable bonds is 0. The van der Waals surface area contributed by atoms with Crippen molar-refractivity contribution in [2.45, 2.75) is 26.0 Å². The molecular formula is C7H13NO2. The van der Waals surface area contributed by atoms with Crippen LogP contribution in [-0.2, 0) is 4.79 Å². The van der Waals surface area contributed by atoms with Crippen LogP contribution in [-0.4, -0.2) is 29.2 Å². The summed E-state index contributed by atoms with van der Waals surface area (Å²) in [6, 6.07) is 0. The highest BCUT2D eigenvalue weighted by molar-refractivity contribution is 5.76. The van der Waals surface area contributed by atoms with E-state index in [2.05, 4.69) is 0 Å². The zero-order valence-corrected chi connectivity index (χ0v) is 6.37. The van der Waals surface area contributed by atoms with Gasteiger partial charge >= 0.3 is 0 Å². The number of amides is 1. The summed E-state index contributed by atoms with van der Waals surface area (Å²) in [5.74, 6) is 0.272. The van der Waals surface area contributed by atoms with Crippen LogP contribution in [0.15, 0.2) is 0 Å². The lowest BCUT2D eigenvalue weighted by atomic mass is 9.98. The second kappa shape index (κ2) is 2.58. The second-order valence-corrected chi connectivity index (χ2v) is 2.93. The van der Waals surface area contributed by atoms with Gasteiger partial charge in [-0.15, -0.1) is 0 Å². The molecule has 0 aliphatic carbocycles. The lowest BCUT2D eigenvalue weighted by Gasteiger charge is -2.33. The highest BCUT2D eigenvalue weighted by atomic mass is 16.3. The van der Waals surface area contributed by atoms with Crippen molar-refractivity contribution in [3.63, 3.8) is 0 Å². The van der Waals surface area contributed by atoms with Crippen LogP contribution in [0.2, 0.25) is 0 Å². The van der Waals surface area contributed by atoms with E-state index in [-0.39, 0.29) is 11.8 Å². The van der Waals surface area contributed by atoms with E-state index in [1.54, 1.807) is 7.05 Å². The first-order valence-corrected chi connectivity index (χ1v) is 3.56. The first-order valence-electron chi connectivity index (χ1n) is 3.56. The number of piperidine rings is 1. The Kier molecular flexibility index (Phi) is 1.94. The number of likely N-dealkylation sites (tertiary alicyclic amines) is 1. The molecule has 1 heterocycles. The summed E-state index contributed by atoms with van der Waals surface area (Å²) in [6.45, 7) is 1.95. The Morgan fingerprint density at radius 3 is 2.80 bits per heavy atom. The molecular weight excluding hydrogens is 130 g/mol. The van der Waals surface area contributed by atoms with Gasteiger partial charge in [-0.25, -0.2) is 0 Å². The van der Waals surface area contributed by atoms with Gasteiger partial charge in [-0.05, 0) is 6.42 Å².